The molecule has 28 heavy (non-hydrogen) atoms. The van der Waals surface area contributed by atoms with Gasteiger partial charge in [-0.3, -0.25) is 10.2 Å². The van der Waals surface area contributed by atoms with E-state index in [4.69, 9.17) is 4.74 Å². The van der Waals surface area contributed by atoms with Gasteiger partial charge in [0, 0.05) is 11.9 Å². The molecule has 0 radical (unpaired) electrons. The van der Waals surface area contributed by atoms with Crippen molar-refractivity contribution in [2.75, 3.05) is 25.8 Å². The molecule has 0 bridgehead atoms. The number of benzene rings is 2. The van der Waals surface area contributed by atoms with Crippen molar-refractivity contribution in [2.45, 2.75) is 20.4 Å². The van der Waals surface area contributed by atoms with Crippen LogP contribution in [0.4, 0.5) is 5.95 Å². The van der Waals surface area contributed by atoms with E-state index in [1.165, 1.54) is 5.56 Å². The minimum Gasteiger partial charge on any atom is -0.497 e. The second-order valence-corrected chi connectivity index (χ2v) is 6.89. The average molecular weight is 376 g/mol. The zero-order chi connectivity index (χ0) is 19.5. The standard InChI is InChI=1S/C21H24N6O/c1-14-5-4-6-18-15(2)24-21(25-19(14)18)26-20-22-12-27(13-23-20)11-16-7-9-17(28-3)10-8-16/h4-10H,11-13H2,1-3H3,(H2,22,23,24,25,26). The first-order valence-electron chi connectivity index (χ1n) is 9.27. The summed E-state index contributed by atoms with van der Waals surface area (Å²) in [6.07, 6.45) is 0. The van der Waals surface area contributed by atoms with Crippen LogP contribution in [0.5, 0.6) is 5.75 Å². The molecular formula is C21H24N6O. The SMILES string of the molecule is COc1ccc(CN2CN=C(Nc3nc(C)c4cccc(C)c4n3)NC2)cc1. The van der Waals surface area contributed by atoms with Gasteiger partial charge in [0.1, 0.15) is 5.75 Å². The van der Waals surface area contributed by atoms with Crippen molar-refractivity contribution in [1.82, 2.24) is 20.2 Å². The lowest BCUT2D eigenvalue weighted by Gasteiger charge is -2.27. The van der Waals surface area contributed by atoms with Crippen LogP contribution in [-0.2, 0) is 6.54 Å². The number of hydrogen-bond acceptors (Lipinski definition) is 7. The van der Waals surface area contributed by atoms with Gasteiger partial charge >= 0.3 is 0 Å². The van der Waals surface area contributed by atoms with Gasteiger partial charge in [0.05, 0.1) is 31.7 Å². The predicted molar refractivity (Wildman–Crippen MR) is 111 cm³/mol. The Morgan fingerprint density at radius 1 is 1.11 bits per heavy atom. The number of aromatic nitrogens is 2. The van der Waals surface area contributed by atoms with Gasteiger partial charge in [-0.25, -0.2) is 15.0 Å². The Balaban J connectivity index is 1.42. The second-order valence-electron chi connectivity index (χ2n) is 6.89. The molecule has 1 aliphatic rings. The molecule has 0 saturated heterocycles. The zero-order valence-electron chi connectivity index (χ0n) is 16.4. The van der Waals surface area contributed by atoms with Crippen LogP contribution < -0.4 is 15.4 Å². The second kappa shape index (κ2) is 7.82. The van der Waals surface area contributed by atoms with Gasteiger partial charge in [0.2, 0.25) is 11.9 Å². The monoisotopic (exact) mass is 376 g/mol. The average Bonchev–Trinajstić information content (AvgIpc) is 2.71. The molecule has 1 aromatic heterocycles. The van der Waals surface area contributed by atoms with Crippen LogP contribution in [0.2, 0.25) is 0 Å². The molecule has 3 aromatic rings. The maximum atomic E-state index is 5.20. The highest BCUT2D eigenvalue weighted by atomic mass is 16.5. The van der Waals surface area contributed by atoms with E-state index in [-0.39, 0.29) is 0 Å². The van der Waals surface area contributed by atoms with Gasteiger partial charge in [-0.15, -0.1) is 0 Å². The molecule has 1 aliphatic heterocycles. The summed E-state index contributed by atoms with van der Waals surface area (Å²) in [5.41, 5.74) is 4.28. The van der Waals surface area contributed by atoms with Crippen molar-refractivity contribution in [3.05, 3.63) is 59.3 Å². The first-order chi connectivity index (χ1) is 13.6. The van der Waals surface area contributed by atoms with Crippen LogP contribution in [0.1, 0.15) is 16.8 Å². The fourth-order valence-electron chi connectivity index (χ4n) is 3.25. The Kier molecular flexibility index (Phi) is 5.08. The Labute approximate surface area is 164 Å². The van der Waals surface area contributed by atoms with Crippen LogP contribution in [-0.4, -0.2) is 41.3 Å². The number of fused-ring (bicyclic) bond motifs is 1. The molecule has 0 fully saturated rings. The molecule has 4 rings (SSSR count). The Morgan fingerprint density at radius 3 is 2.64 bits per heavy atom. The molecule has 0 atom stereocenters. The van der Waals surface area contributed by atoms with Gasteiger partial charge < -0.3 is 10.1 Å². The lowest BCUT2D eigenvalue weighted by molar-refractivity contribution is 0.256. The first-order valence-corrected chi connectivity index (χ1v) is 9.27. The van der Waals surface area contributed by atoms with Gasteiger partial charge in [0.15, 0.2) is 0 Å². The fraction of sp³-hybridized carbons (Fsp3) is 0.286. The number of ether oxygens (including phenoxy) is 1. The summed E-state index contributed by atoms with van der Waals surface area (Å²) < 4.78 is 5.20. The molecular weight excluding hydrogens is 352 g/mol. The molecule has 144 valence electrons. The van der Waals surface area contributed by atoms with E-state index >= 15 is 0 Å². The van der Waals surface area contributed by atoms with E-state index in [2.05, 4.69) is 61.7 Å². The van der Waals surface area contributed by atoms with Crippen LogP contribution in [0, 0.1) is 13.8 Å². The number of anilines is 1. The van der Waals surface area contributed by atoms with Crippen molar-refractivity contribution in [1.29, 1.82) is 0 Å². The van der Waals surface area contributed by atoms with Crippen molar-refractivity contribution in [3.8, 4) is 5.75 Å². The highest BCUT2D eigenvalue weighted by molar-refractivity contribution is 5.93. The van der Waals surface area contributed by atoms with Crippen LogP contribution in [0.25, 0.3) is 10.9 Å². The molecule has 7 heteroatoms. The molecule has 0 aliphatic carbocycles. The highest BCUT2D eigenvalue weighted by Crippen LogP contribution is 2.20. The van der Waals surface area contributed by atoms with Crippen LogP contribution in [0.15, 0.2) is 47.5 Å². The van der Waals surface area contributed by atoms with Crippen LogP contribution in [0.3, 0.4) is 0 Å². The van der Waals surface area contributed by atoms with E-state index in [9.17, 15) is 0 Å². The molecule has 2 aromatic carbocycles. The number of aliphatic imine (C=N–C) groups is 1. The highest BCUT2D eigenvalue weighted by Gasteiger charge is 2.14. The number of methoxy groups -OCH3 is 1. The number of guanidine groups is 1. The van der Waals surface area contributed by atoms with Gasteiger partial charge in [-0.05, 0) is 37.1 Å². The van der Waals surface area contributed by atoms with Crippen molar-refractivity contribution in [3.63, 3.8) is 0 Å². The lowest BCUT2D eigenvalue weighted by Crippen LogP contribution is -2.45. The van der Waals surface area contributed by atoms with Crippen molar-refractivity contribution >= 4 is 22.8 Å². The minimum atomic E-state index is 0.564. The maximum Gasteiger partial charge on any atom is 0.230 e. The number of nitrogens with one attached hydrogen (secondary N) is 2. The molecule has 7 nitrogen and oxygen atoms in total. The number of aryl methyl sites for hydroxylation is 2. The van der Waals surface area contributed by atoms with Crippen molar-refractivity contribution < 1.29 is 4.74 Å². The summed E-state index contributed by atoms with van der Waals surface area (Å²) in [4.78, 5) is 16.0. The molecule has 0 saturated carbocycles. The van der Waals surface area contributed by atoms with E-state index < -0.39 is 0 Å². The topological polar surface area (TPSA) is 74.7 Å². The summed E-state index contributed by atoms with van der Waals surface area (Å²) in [6.45, 7) is 6.18. The van der Waals surface area contributed by atoms with Crippen LogP contribution >= 0.6 is 0 Å². The minimum absolute atomic E-state index is 0.564. The quantitative estimate of drug-likeness (QED) is 0.729. The number of nitrogens with zero attached hydrogens (tertiary/aromatic N) is 4. The van der Waals surface area contributed by atoms with Gasteiger partial charge in [-0.2, -0.15) is 0 Å². The Morgan fingerprint density at radius 2 is 1.93 bits per heavy atom. The smallest absolute Gasteiger partial charge is 0.230 e. The van der Waals surface area contributed by atoms with E-state index in [1.807, 2.05) is 25.1 Å². The molecule has 0 amide bonds. The van der Waals surface area contributed by atoms with E-state index in [0.717, 1.165) is 34.5 Å². The normalized spacial score (nSPS) is 14.5. The Hall–Kier alpha value is -3.19. The van der Waals surface area contributed by atoms with Gasteiger partial charge in [0.25, 0.3) is 0 Å². The van der Waals surface area contributed by atoms with Gasteiger partial charge in [-0.1, -0.05) is 30.3 Å². The maximum absolute atomic E-state index is 5.20. The number of para-hydroxylation sites is 1. The summed E-state index contributed by atoms with van der Waals surface area (Å²) in [5.74, 6) is 2.12. The first kappa shape index (κ1) is 18.2. The lowest BCUT2D eigenvalue weighted by atomic mass is 10.1. The molecule has 0 spiro atoms. The summed E-state index contributed by atoms with van der Waals surface area (Å²) in [7, 11) is 1.68. The zero-order valence-corrected chi connectivity index (χ0v) is 16.4. The van der Waals surface area contributed by atoms with Crippen molar-refractivity contribution in [2.24, 2.45) is 4.99 Å². The number of hydrogen-bond donors (Lipinski definition) is 2. The third-order valence-corrected chi connectivity index (χ3v) is 4.81. The summed E-state index contributed by atoms with van der Waals surface area (Å²) in [6, 6.07) is 14.2. The molecule has 0 unspecified atom stereocenters. The van der Waals surface area contributed by atoms with E-state index in [1.54, 1.807) is 7.11 Å². The Bertz CT molecular complexity index is 1020. The summed E-state index contributed by atoms with van der Waals surface area (Å²) >= 11 is 0. The fourth-order valence-corrected chi connectivity index (χ4v) is 3.25. The third-order valence-electron chi connectivity index (χ3n) is 4.81. The largest absolute Gasteiger partial charge is 0.497 e. The molecule has 2 N–H and O–H groups in total. The summed E-state index contributed by atoms with van der Waals surface area (Å²) in [5, 5.41) is 7.60. The molecule has 2 heterocycles. The predicted octanol–water partition coefficient (Wildman–Crippen LogP) is 3.04. The van der Waals surface area contributed by atoms with E-state index in [0.29, 0.717) is 25.2 Å². The number of rotatable bonds is 4. The third kappa shape index (κ3) is 3.89.